The summed E-state index contributed by atoms with van der Waals surface area (Å²) < 4.78 is 0. The van der Waals surface area contributed by atoms with E-state index >= 15 is 0 Å². The molecule has 0 heterocycles. The minimum atomic E-state index is 0. The van der Waals surface area contributed by atoms with Crippen molar-refractivity contribution in [1.82, 2.24) is 5.32 Å². The molecule has 0 aromatic heterocycles. The Hall–Kier alpha value is -1.06. The van der Waals surface area contributed by atoms with Crippen molar-refractivity contribution in [3.8, 4) is 0 Å². The molecule has 1 aromatic carbocycles. The number of rotatable bonds is 4. The Morgan fingerprint density at radius 2 is 1.94 bits per heavy atom. The number of hydrogen-bond donors (Lipinski definition) is 2. The maximum Gasteiger partial charge on any atom is 0.224 e. The summed E-state index contributed by atoms with van der Waals surface area (Å²) in [5.74, 6) is 0.0686. The SMILES string of the molecule is CNCc1cccc(NC(=O)CC(C)(C)C)c1.Cl. The summed E-state index contributed by atoms with van der Waals surface area (Å²) in [7, 11) is 1.91. The highest BCUT2D eigenvalue weighted by atomic mass is 35.5. The van der Waals surface area contributed by atoms with Gasteiger partial charge in [0.1, 0.15) is 0 Å². The van der Waals surface area contributed by atoms with Crippen LogP contribution < -0.4 is 10.6 Å². The van der Waals surface area contributed by atoms with Gasteiger partial charge in [-0.15, -0.1) is 12.4 Å². The molecule has 1 amide bonds. The van der Waals surface area contributed by atoms with E-state index in [4.69, 9.17) is 0 Å². The van der Waals surface area contributed by atoms with Crippen molar-refractivity contribution in [3.05, 3.63) is 29.8 Å². The molecule has 0 atom stereocenters. The molecule has 0 aliphatic rings. The van der Waals surface area contributed by atoms with Gasteiger partial charge in [0.25, 0.3) is 0 Å². The van der Waals surface area contributed by atoms with Crippen molar-refractivity contribution in [2.45, 2.75) is 33.7 Å². The van der Waals surface area contributed by atoms with Gasteiger partial charge < -0.3 is 10.6 Å². The first-order chi connectivity index (χ1) is 7.90. The van der Waals surface area contributed by atoms with Crippen molar-refractivity contribution in [1.29, 1.82) is 0 Å². The first-order valence-corrected chi connectivity index (χ1v) is 5.94. The maximum atomic E-state index is 11.8. The first kappa shape index (κ1) is 16.9. The molecule has 0 saturated heterocycles. The van der Waals surface area contributed by atoms with E-state index in [-0.39, 0.29) is 23.7 Å². The zero-order valence-electron chi connectivity index (χ0n) is 11.5. The molecule has 0 saturated carbocycles. The third-order valence-corrected chi connectivity index (χ3v) is 2.28. The quantitative estimate of drug-likeness (QED) is 0.882. The van der Waals surface area contributed by atoms with E-state index in [1.54, 1.807) is 0 Å². The van der Waals surface area contributed by atoms with Gasteiger partial charge in [0.15, 0.2) is 0 Å². The molecule has 0 fully saturated rings. The van der Waals surface area contributed by atoms with Gasteiger partial charge in [-0.05, 0) is 30.2 Å². The van der Waals surface area contributed by atoms with Crippen molar-refractivity contribution in [2.75, 3.05) is 12.4 Å². The number of anilines is 1. The largest absolute Gasteiger partial charge is 0.326 e. The Morgan fingerprint density at radius 3 is 2.50 bits per heavy atom. The fourth-order valence-corrected chi connectivity index (χ4v) is 1.65. The standard InChI is InChI=1S/C14H22N2O.ClH/c1-14(2,3)9-13(17)16-12-7-5-6-11(8-12)10-15-4;/h5-8,15H,9-10H2,1-4H3,(H,16,17);1H. The van der Waals surface area contributed by atoms with Crippen LogP contribution in [-0.4, -0.2) is 13.0 Å². The van der Waals surface area contributed by atoms with Crippen molar-refractivity contribution < 1.29 is 4.79 Å². The number of nitrogens with one attached hydrogen (secondary N) is 2. The summed E-state index contributed by atoms with van der Waals surface area (Å²) in [4.78, 5) is 11.8. The van der Waals surface area contributed by atoms with E-state index < -0.39 is 0 Å². The van der Waals surface area contributed by atoms with E-state index in [0.29, 0.717) is 6.42 Å². The fourth-order valence-electron chi connectivity index (χ4n) is 1.65. The van der Waals surface area contributed by atoms with Gasteiger partial charge in [0, 0.05) is 18.7 Å². The lowest BCUT2D eigenvalue weighted by molar-refractivity contribution is -0.117. The molecule has 1 aromatic rings. The lowest BCUT2D eigenvalue weighted by atomic mass is 9.92. The lowest BCUT2D eigenvalue weighted by Gasteiger charge is -2.17. The molecule has 0 radical (unpaired) electrons. The zero-order valence-corrected chi connectivity index (χ0v) is 12.4. The number of carbonyl (C=O) groups is 1. The summed E-state index contributed by atoms with van der Waals surface area (Å²) in [6.45, 7) is 6.99. The number of hydrogen-bond acceptors (Lipinski definition) is 2. The molecular weight excluding hydrogens is 248 g/mol. The van der Waals surface area contributed by atoms with Crippen LogP contribution in [0.5, 0.6) is 0 Å². The van der Waals surface area contributed by atoms with Crippen LogP contribution in [0.3, 0.4) is 0 Å². The van der Waals surface area contributed by atoms with Crippen LogP contribution in [0.25, 0.3) is 0 Å². The average molecular weight is 271 g/mol. The summed E-state index contributed by atoms with van der Waals surface area (Å²) in [5, 5.41) is 6.02. The molecule has 0 bridgehead atoms. The molecule has 4 heteroatoms. The van der Waals surface area contributed by atoms with Gasteiger partial charge in [-0.1, -0.05) is 32.9 Å². The molecule has 102 valence electrons. The predicted octanol–water partition coefficient (Wildman–Crippen LogP) is 3.20. The summed E-state index contributed by atoms with van der Waals surface area (Å²) >= 11 is 0. The highest BCUT2D eigenvalue weighted by Gasteiger charge is 2.15. The third kappa shape index (κ3) is 6.62. The minimum Gasteiger partial charge on any atom is -0.326 e. The molecule has 3 nitrogen and oxygen atoms in total. The smallest absolute Gasteiger partial charge is 0.224 e. The van der Waals surface area contributed by atoms with Crippen LogP contribution in [0.4, 0.5) is 5.69 Å². The topological polar surface area (TPSA) is 41.1 Å². The highest BCUT2D eigenvalue weighted by molar-refractivity contribution is 5.91. The van der Waals surface area contributed by atoms with E-state index in [1.165, 1.54) is 5.56 Å². The number of amides is 1. The Labute approximate surface area is 116 Å². The van der Waals surface area contributed by atoms with Crippen LogP contribution in [0, 0.1) is 5.41 Å². The normalized spacial score (nSPS) is 10.7. The average Bonchev–Trinajstić information content (AvgIpc) is 2.15. The van der Waals surface area contributed by atoms with E-state index in [2.05, 4.69) is 31.4 Å². The highest BCUT2D eigenvalue weighted by Crippen LogP contribution is 2.19. The Bertz CT molecular complexity index is 386. The fraction of sp³-hybridized carbons (Fsp3) is 0.500. The first-order valence-electron chi connectivity index (χ1n) is 5.94. The number of carbonyl (C=O) groups excluding carboxylic acids is 1. The number of halogens is 1. The molecule has 0 spiro atoms. The second-order valence-electron chi connectivity index (χ2n) is 5.52. The summed E-state index contributed by atoms with van der Waals surface area (Å²) in [5.41, 5.74) is 2.06. The van der Waals surface area contributed by atoms with E-state index in [0.717, 1.165) is 12.2 Å². The molecule has 0 aliphatic heterocycles. The van der Waals surface area contributed by atoms with Crippen LogP contribution >= 0.6 is 12.4 Å². The van der Waals surface area contributed by atoms with Gasteiger partial charge in [0.2, 0.25) is 5.91 Å². The lowest BCUT2D eigenvalue weighted by Crippen LogP contribution is -2.19. The van der Waals surface area contributed by atoms with Crippen LogP contribution in [0.2, 0.25) is 0 Å². The van der Waals surface area contributed by atoms with Gasteiger partial charge in [-0.3, -0.25) is 4.79 Å². The van der Waals surface area contributed by atoms with Crippen LogP contribution in [-0.2, 0) is 11.3 Å². The van der Waals surface area contributed by atoms with E-state index in [1.807, 2.05) is 31.3 Å². The second-order valence-corrected chi connectivity index (χ2v) is 5.52. The summed E-state index contributed by atoms with van der Waals surface area (Å²) in [6, 6.07) is 7.91. The Morgan fingerprint density at radius 1 is 1.28 bits per heavy atom. The number of benzene rings is 1. The molecule has 0 unspecified atom stereocenters. The third-order valence-electron chi connectivity index (χ3n) is 2.28. The van der Waals surface area contributed by atoms with Crippen molar-refractivity contribution in [2.24, 2.45) is 5.41 Å². The molecule has 2 N–H and O–H groups in total. The maximum absolute atomic E-state index is 11.8. The molecule has 1 rings (SSSR count). The zero-order chi connectivity index (χ0) is 12.9. The monoisotopic (exact) mass is 270 g/mol. The Kier molecular flexibility index (Phi) is 6.96. The Balaban J connectivity index is 0.00000289. The van der Waals surface area contributed by atoms with Gasteiger partial charge in [-0.25, -0.2) is 0 Å². The van der Waals surface area contributed by atoms with Crippen molar-refractivity contribution >= 4 is 24.0 Å². The van der Waals surface area contributed by atoms with Gasteiger partial charge in [-0.2, -0.15) is 0 Å². The predicted molar refractivity (Wildman–Crippen MR) is 79.2 cm³/mol. The van der Waals surface area contributed by atoms with Gasteiger partial charge >= 0.3 is 0 Å². The molecule has 18 heavy (non-hydrogen) atoms. The second kappa shape index (κ2) is 7.39. The minimum absolute atomic E-state index is 0. The summed E-state index contributed by atoms with van der Waals surface area (Å²) in [6.07, 6.45) is 0.531. The van der Waals surface area contributed by atoms with Gasteiger partial charge in [0.05, 0.1) is 0 Å². The van der Waals surface area contributed by atoms with Crippen LogP contribution in [0.1, 0.15) is 32.8 Å². The van der Waals surface area contributed by atoms with Crippen LogP contribution in [0.15, 0.2) is 24.3 Å². The molecular formula is C14H23ClN2O. The molecule has 0 aliphatic carbocycles. The van der Waals surface area contributed by atoms with E-state index in [9.17, 15) is 4.79 Å². The van der Waals surface area contributed by atoms with Crippen molar-refractivity contribution in [3.63, 3.8) is 0 Å².